The molecule has 23 heavy (non-hydrogen) atoms. The van der Waals surface area contributed by atoms with E-state index in [1.54, 1.807) is 29.2 Å². The van der Waals surface area contributed by atoms with Crippen LogP contribution in [0.4, 0.5) is 10.5 Å². The van der Waals surface area contributed by atoms with Crippen LogP contribution >= 0.6 is 0 Å². The summed E-state index contributed by atoms with van der Waals surface area (Å²) in [4.78, 5) is 28.1. The van der Waals surface area contributed by atoms with Gasteiger partial charge in [0.05, 0.1) is 12.7 Å². The highest BCUT2D eigenvalue weighted by Gasteiger charge is 2.27. The standard InChI is InChI=1S/C17H25N3O3/c1-17(2,3)20-10-8-19(9-11-20)16(22)18-14-7-5-6-13(12-14)15(21)23-4/h5-7,12H,8-11H2,1-4H3,(H,18,22). The number of anilines is 1. The Morgan fingerprint density at radius 2 is 1.78 bits per heavy atom. The van der Waals surface area contributed by atoms with Crippen LogP contribution in [0.1, 0.15) is 31.1 Å². The van der Waals surface area contributed by atoms with E-state index in [2.05, 4.69) is 35.7 Å². The van der Waals surface area contributed by atoms with E-state index in [4.69, 9.17) is 0 Å². The monoisotopic (exact) mass is 319 g/mol. The summed E-state index contributed by atoms with van der Waals surface area (Å²) in [6, 6.07) is 6.62. The summed E-state index contributed by atoms with van der Waals surface area (Å²) in [5.74, 6) is -0.417. The smallest absolute Gasteiger partial charge is 0.337 e. The van der Waals surface area contributed by atoms with Gasteiger partial charge in [-0.25, -0.2) is 9.59 Å². The van der Waals surface area contributed by atoms with Crippen molar-refractivity contribution in [2.75, 3.05) is 38.6 Å². The lowest BCUT2D eigenvalue weighted by Crippen LogP contribution is -2.55. The molecule has 1 N–H and O–H groups in total. The molecule has 126 valence electrons. The number of ether oxygens (including phenoxy) is 1. The van der Waals surface area contributed by atoms with Crippen molar-refractivity contribution in [1.29, 1.82) is 0 Å². The summed E-state index contributed by atoms with van der Waals surface area (Å²) in [7, 11) is 1.34. The van der Waals surface area contributed by atoms with E-state index in [1.807, 2.05) is 0 Å². The van der Waals surface area contributed by atoms with Crippen LogP contribution in [0.5, 0.6) is 0 Å². The predicted octanol–water partition coefficient (Wildman–Crippen LogP) is 2.42. The molecule has 1 heterocycles. The number of rotatable bonds is 2. The fourth-order valence-electron chi connectivity index (χ4n) is 2.62. The fraction of sp³-hybridized carbons (Fsp3) is 0.529. The van der Waals surface area contributed by atoms with Gasteiger partial charge >= 0.3 is 12.0 Å². The summed E-state index contributed by atoms with van der Waals surface area (Å²) in [5, 5.41) is 2.85. The molecule has 0 spiro atoms. The molecule has 1 aliphatic rings. The van der Waals surface area contributed by atoms with Gasteiger partial charge in [-0.05, 0) is 39.0 Å². The van der Waals surface area contributed by atoms with Crippen molar-refractivity contribution in [3.05, 3.63) is 29.8 Å². The molecular formula is C17H25N3O3. The Kier molecular flexibility index (Phi) is 5.26. The minimum absolute atomic E-state index is 0.122. The van der Waals surface area contributed by atoms with Crippen LogP contribution in [0.2, 0.25) is 0 Å². The second kappa shape index (κ2) is 7.00. The first-order valence-electron chi connectivity index (χ1n) is 7.80. The Balaban J connectivity index is 1.94. The third kappa shape index (κ3) is 4.45. The maximum Gasteiger partial charge on any atom is 0.337 e. The first kappa shape index (κ1) is 17.3. The van der Waals surface area contributed by atoms with E-state index in [9.17, 15) is 9.59 Å². The number of nitrogens with one attached hydrogen (secondary N) is 1. The molecule has 1 aliphatic heterocycles. The molecule has 6 heteroatoms. The number of carbonyl (C=O) groups is 2. The molecule has 1 aromatic rings. The van der Waals surface area contributed by atoms with Gasteiger partial charge in [0.1, 0.15) is 0 Å². The van der Waals surface area contributed by atoms with Crippen molar-refractivity contribution in [3.8, 4) is 0 Å². The van der Waals surface area contributed by atoms with Crippen LogP contribution < -0.4 is 5.32 Å². The zero-order valence-corrected chi connectivity index (χ0v) is 14.3. The Bertz CT molecular complexity index is 573. The number of nitrogens with zero attached hydrogens (tertiary/aromatic N) is 2. The average Bonchev–Trinajstić information content (AvgIpc) is 2.53. The van der Waals surface area contributed by atoms with E-state index < -0.39 is 5.97 Å². The van der Waals surface area contributed by atoms with Crippen LogP contribution in [-0.4, -0.2) is 60.6 Å². The van der Waals surface area contributed by atoms with E-state index in [0.717, 1.165) is 13.1 Å². The van der Waals surface area contributed by atoms with Gasteiger partial charge in [0.15, 0.2) is 0 Å². The molecular weight excluding hydrogens is 294 g/mol. The Labute approximate surface area is 137 Å². The van der Waals surface area contributed by atoms with Crippen molar-refractivity contribution in [1.82, 2.24) is 9.80 Å². The molecule has 0 aliphatic carbocycles. The van der Waals surface area contributed by atoms with Gasteiger partial charge in [-0.1, -0.05) is 6.07 Å². The highest BCUT2D eigenvalue weighted by Crippen LogP contribution is 2.17. The van der Waals surface area contributed by atoms with Gasteiger partial charge < -0.3 is 15.0 Å². The minimum Gasteiger partial charge on any atom is -0.465 e. The maximum atomic E-state index is 12.4. The van der Waals surface area contributed by atoms with Crippen LogP contribution in [-0.2, 0) is 4.74 Å². The van der Waals surface area contributed by atoms with Crippen molar-refractivity contribution < 1.29 is 14.3 Å². The Morgan fingerprint density at radius 3 is 2.35 bits per heavy atom. The molecule has 1 aromatic carbocycles. The van der Waals surface area contributed by atoms with E-state index in [-0.39, 0.29) is 11.6 Å². The molecule has 1 fully saturated rings. The van der Waals surface area contributed by atoms with Crippen LogP contribution in [0, 0.1) is 0 Å². The van der Waals surface area contributed by atoms with E-state index in [1.165, 1.54) is 7.11 Å². The fourth-order valence-corrected chi connectivity index (χ4v) is 2.62. The lowest BCUT2D eigenvalue weighted by Gasteiger charge is -2.42. The first-order valence-corrected chi connectivity index (χ1v) is 7.80. The molecule has 2 amide bonds. The van der Waals surface area contributed by atoms with Crippen molar-refractivity contribution >= 4 is 17.7 Å². The third-order valence-electron chi connectivity index (χ3n) is 4.05. The highest BCUT2D eigenvalue weighted by molar-refractivity contribution is 5.93. The number of urea groups is 1. The van der Waals surface area contributed by atoms with Crippen LogP contribution in [0.3, 0.4) is 0 Å². The average molecular weight is 319 g/mol. The number of amides is 2. The van der Waals surface area contributed by atoms with Gasteiger partial charge in [0.2, 0.25) is 0 Å². The first-order chi connectivity index (χ1) is 10.8. The molecule has 0 unspecified atom stereocenters. The molecule has 1 saturated heterocycles. The number of benzene rings is 1. The van der Waals surface area contributed by atoms with Crippen molar-refractivity contribution in [3.63, 3.8) is 0 Å². The number of hydrogen-bond acceptors (Lipinski definition) is 4. The van der Waals surface area contributed by atoms with Gasteiger partial charge in [-0.15, -0.1) is 0 Å². The molecule has 0 saturated carbocycles. The lowest BCUT2D eigenvalue weighted by molar-refractivity contribution is 0.0600. The number of piperazine rings is 1. The predicted molar refractivity (Wildman–Crippen MR) is 89.7 cm³/mol. The molecule has 0 aromatic heterocycles. The van der Waals surface area contributed by atoms with Gasteiger partial charge in [0, 0.05) is 37.4 Å². The second-order valence-electron chi connectivity index (χ2n) is 6.65. The number of carbonyl (C=O) groups excluding carboxylic acids is 2. The van der Waals surface area contributed by atoms with Gasteiger partial charge in [0.25, 0.3) is 0 Å². The zero-order valence-electron chi connectivity index (χ0n) is 14.3. The van der Waals surface area contributed by atoms with Crippen LogP contribution in [0.15, 0.2) is 24.3 Å². The topological polar surface area (TPSA) is 61.9 Å². The van der Waals surface area contributed by atoms with E-state index >= 15 is 0 Å². The van der Waals surface area contributed by atoms with E-state index in [0.29, 0.717) is 24.3 Å². The highest BCUT2D eigenvalue weighted by atomic mass is 16.5. The van der Waals surface area contributed by atoms with Gasteiger partial charge in [-0.3, -0.25) is 4.90 Å². The summed E-state index contributed by atoms with van der Waals surface area (Å²) in [5.41, 5.74) is 1.14. The maximum absolute atomic E-state index is 12.4. The largest absolute Gasteiger partial charge is 0.465 e. The zero-order chi connectivity index (χ0) is 17.0. The van der Waals surface area contributed by atoms with Crippen LogP contribution in [0.25, 0.3) is 0 Å². The SMILES string of the molecule is COC(=O)c1cccc(NC(=O)N2CCN(C(C)(C)C)CC2)c1. The Hall–Kier alpha value is -2.08. The number of hydrogen-bond donors (Lipinski definition) is 1. The normalized spacial score (nSPS) is 16.1. The molecule has 2 rings (SSSR count). The molecule has 0 radical (unpaired) electrons. The third-order valence-corrected chi connectivity index (χ3v) is 4.05. The molecule has 0 bridgehead atoms. The quantitative estimate of drug-likeness (QED) is 0.851. The van der Waals surface area contributed by atoms with Crippen molar-refractivity contribution in [2.45, 2.75) is 26.3 Å². The minimum atomic E-state index is -0.417. The Morgan fingerprint density at radius 1 is 1.13 bits per heavy atom. The molecule has 6 nitrogen and oxygen atoms in total. The van der Waals surface area contributed by atoms with Crippen molar-refractivity contribution in [2.24, 2.45) is 0 Å². The lowest BCUT2D eigenvalue weighted by atomic mass is 10.1. The number of methoxy groups -OCH3 is 1. The summed E-state index contributed by atoms with van der Waals surface area (Å²) < 4.78 is 4.69. The molecule has 0 atom stereocenters. The summed E-state index contributed by atoms with van der Waals surface area (Å²) in [6.07, 6.45) is 0. The summed E-state index contributed by atoms with van der Waals surface area (Å²) in [6.45, 7) is 9.65. The number of esters is 1. The summed E-state index contributed by atoms with van der Waals surface area (Å²) >= 11 is 0. The second-order valence-corrected chi connectivity index (χ2v) is 6.65. The van der Waals surface area contributed by atoms with Gasteiger partial charge in [-0.2, -0.15) is 0 Å².